The zero-order valence-electron chi connectivity index (χ0n) is 26.1. The van der Waals surface area contributed by atoms with Crippen LogP contribution in [0.5, 0.6) is 0 Å². The standard InChI is InChI=1S/C32H52N4O6/c1-32(2,3)42-31(37)33-22-28(21-25-13-7-5-8-14-25)34-29(24-36(38)39)35-18-11-17-27(23-35)30(41-20-12-19-40-4)26-15-9-6-10-16-26/h6,9-10,15-16,25,27-28,30H,5,7-8,11-14,17-24H2,1-4H3,(H,33,37)/t27?,28-,30?/m0/s1. The van der Waals surface area contributed by atoms with Crippen molar-refractivity contribution in [2.45, 2.75) is 96.3 Å². The number of nitrogens with zero attached hydrogens (tertiary/aromatic N) is 3. The summed E-state index contributed by atoms with van der Waals surface area (Å²) in [6.07, 6.45) is 8.77. The SMILES string of the molecule is COCCCOC(c1ccccc1)C1CCCN(C(C[N+](=O)[O-])=N[C@H](CNC(=O)OC(C)(C)C)CC2CCCCC2)C1. The average molecular weight is 589 g/mol. The van der Waals surface area contributed by atoms with Crippen LogP contribution in [0.2, 0.25) is 0 Å². The molecule has 1 aromatic rings. The van der Waals surface area contributed by atoms with Crippen LogP contribution in [0.3, 0.4) is 0 Å². The number of likely N-dealkylation sites (tertiary alicyclic amines) is 1. The molecule has 0 bridgehead atoms. The van der Waals surface area contributed by atoms with E-state index in [1.165, 1.54) is 19.3 Å². The lowest BCUT2D eigenvalue weighted by Gasteiger charge is -2.38. The Morgan fingerprint density at radius 3 is 2.52 bits per heavy atom. The van der Waals surface area contributed by atoms with Crippen LogP contribution in [0.1, 0.15) is 90.2 Å². The Labute approximate surface area is 251 Å². The Bertz CT molecular complexity index is 977. The number of nitrogens with one attached hydrogen (secondary N) is 1. The number of aliphatic imine (C=N–C) groups is 1. The first kappa shape index (κ1) is 33.8. The molecule has 0 spiro atoms. The van der Waals surface area contributed by atoms with Gasteiger partial charge >= 0.3 is 6.09 Å². The third kappa shape index (κ3) is 12.3. The molecule has 1 heterocycles. The predicted molar refractivity (Wildman–Crippen MR) is 164 cm³/mol. The maximum Gasteiger partial charge on any atom is 0.407 e. The molecule has 10 nitrogen and oxygen atoms in total. The lowest BCUT2D eigenvalue weighted by atomic mass is 9.85. The van der Waals surface area contributed by atoms with Gasteiger partial charge in [0.25, 0.3) is 6.54 Å². The van der Waals surface area contributed by atoms with Crippen molar-refractivity contribution in [1.82, 2.24) is 10.2 Å². The van der Waals surface area contributed by atoms with Crippen LogP contribution < -0.4 is 5.32 Å². The van der Waals surface area contributed by atoms with Crippen LogP contribution in [0.25, 0.3) is 0 Å². The van der Waals surface area contributed by atoms with Gasteiger partial charge in [0.1, 0.15) is 5.60 Å². The topological polar surface area (TPSA) is 116 Å². The van der Waals surface area contributed by atoms with Gasteiger partial charge in [-0.1, -0.05) is 62.4 Å². The van der Waals surface area contributed by atoms with Crippen molar-refractivity contribution >= 4 is 11.9 Å². The van der Waals surface area contributed by atoms with Crippen molar-refractivity contribution in [2.24, 2.45) is 16.8 Å². The molecule has 1 saturated heterocycles. The van der Waals surface area contributed by atoms with E-state index in [0.717, 1.165) is 44.1 Å². The summed E-state index contributed by atoms with van der Waals surface area (Å²) in [5.74, 6) is 1.15. The summed E-state index contributed by atoms with van der Waals surface area (Å²) < 4.78 is 17.1. The van der Waals surface area contributed by atoms with Gasteiger partial charge in [-0.05, 0) is 57.9 Å². The summed E-state index contributed by atoms with van der Waals surface area (Å²) >= 11 is 0. The molecular weight excluding hydrogens is 536 g/mol. The number of carbonyl (C=O) groups excluding carboxylic acids is 1. The van der Waals surface area contributed by atoms with E-state index in [2.05, 4.69) is 22.3 Å². The second-order valence-corrected chi connectivity index (χ2v) is 12.7. The van der Waals surface area contributed by atoms with Crippen molar-refractivity contribution in [3.8, 4) is 0 Å². The zero-order chi connectivity index (χ0) is 30.4. The van der Waals surface area contributed by atoms with E-state index in [1.54, 1.807) is 7.11 Å². The number of hydrogen-bond donors (Lipinski definition) is 1. The Morgan fingerprint density at radius 2 is 1.86 bits per heavy atom. The maximum atomic E-state index is 12.5. The first-order valence-corrected chi connectivity index (χ1v) is 15.7. The number of benzene rings is 1. The molecule has 1 aromatic carbocycles. The number of ether oxygens (including phenoxy) is 3. The molecular formula is C32H52N4O6. The third-order valence-corrected chi connectivity index (χ3v) is 7.98. The number of methoxy groups -OCH3 is 1. The van der Waals surface area contributed by atoms with Gasteiger partial charge in [-0.25, -0.2) is 4.79 Å². The maximum absolute atomic E-state index is 12.5. The number of amidine groups is 1. The Balaban J connectivity index is 1.80. The summed E-state index contributed by atoms with van der Waals surface area (Å²) in [5, 5.41) is 14.7. The number of piperidine rings is 1. The van der Waals surface area contributed by atoms with Gasteiger partial charge < -0.3 is 24.4 Å². The first-order valence-electron chi connectivity index (χ1n) is 15.7. The molecule has 236 valence electrons. The Morgan fingerprint density at radius 1 is 1.12 bits per heavy atom. The van der Waals surface area contributed by atoms with E-state index < -0.39 is 11.7 Å². The summed E-state index contributed by atoms with van der Waals surface area (Å²) in [6, 6.07) is 9.97. The molecule has 42 heavy (non-hydrogen) atoms. The zero-order valence-corrected chi connectivity index (χ0v) is 26.1. The highest BCUT2D eigenvalue weighted by molar-refractivity contribution is 5.83. The number of nitro groups is 1. The van der Waals surface area contributed by atoms with Crippen molar-refractivity contribution < 1.29 is 23.9 Å². The molecule has 1 aliphatic heterocycles. The summed E-state index contributed by atoms with van der Waals surface area (Å²) in [4.78, 5) is 31.2. The van der Waals surface area contributed by atoms with Crippen molar-refractivity contribution in [2.75, 3.05) is 46.5 Å². The van der Waals surface area contributed by atoms with Crippen LogP contribution in [0, 0.1) is 22.0 Å². The number of amides is 1. The summed E-state index contributed by atoms with van der Waals surface area (Å²) in [7, 11) is 1.69. The normalized spacial score (nSPS) is 20.1. The van der Waals surface area contributed by atoms with E-state index in [4.69, 9.17) is 19.2 Å². The van der Waals surface area contributed by atoms with E-state index in [0.29, 0.717) is 44.6 Å². The van der Waals surface area contributed by atoms with E-state index in [-0.39, 0.29) is 29.5 Å². The number of carbonyl (C=O) groups is 1. The van der Waals surface area contributed by atoms with Crippen LogP contribution >= 0.6 is 0 Å². The average Bonchev–Trinajstić information content (AvgIpc) is 2.95. The minimum atomic E-state index is -0.604. The molecule has 3 rings (SSSR count). The highest BCUT2D eigenvalue weighted by atomic mass is 16.6. The highest BCUT2D eigenvalue weighted by Gasteiger charge is 2.32. The minimum absolute atomic E-state index is 0.116. The van der Waals surface area contributed by atoms with Gasteiger partial charge in [-0.2, -0.15) is 0 Å². The molecule has 2 aliphatic rings. The first-order chi connectivity index (χ1) is 20.1. The van der Waals surface area contributed by atoms with Crippen molar-refractivity contribution in [3.63, 3.8) is 0 Å². The minimum Gasteiger partial charge on any atom is -0.444 e. The number of rotatable bonds is 14. The van der Waals surface area contributed by atoms with Gasteiger partial charge in [-0.3, -0.25) is 15.1 Å². The third-order valence-electron chi connectivity index (χ3n) is 7.98. The van der Waals surface area contributed by atoms with Crippen LogP contribution in [0.4, 0.5) is 4.79 Å². The molecule has 0 radical (unpaired) electrons. The smallest absolute Gasteiger partial charge is 0.407 e. The molecule has 2 unspecified atom stereocenters. The van der Waals surface area contributed by atoms with E-state index >= 15 is 0 Å². The quantitative estimate of drug-likeness (QED) is 0.0927. The molecule has 2 fully saturated rings. The van der Waals surface area contributed by atoms with Gasteiger partial charge in [0.2, 0.25) is 0 Å². The van der Waals surface area contributed by atoms with E-state index in [9.17, 15) is 14.9 Å². The second kappa shape index (κ2) is 17.4. The highest BCUT2D eigenvalue weighted by Crippen LogP contribution is 2.34. The van der Waals surface area contributed by atoms with Crippen molar-refractivity contribution in [1.29, 1.82) is 0 Å². The fraction of sp³-hybridized carbons (Fsp3) is 0.750. The van der Waals surface area contributed by atoms with Gasteiger partial charge in [0.05, 0.1) is 12.1 Å². The molecule has 3 atom stereocenters. The van der Waals surface area contributed by atoms with Gasteiger partial charge in [0.15, 0.2) is 5.84 Å². The number of hydrogen-bond acceptors (Lipinski definition) is 7. The molecule has 1 N–H and O–H groups in total. The van der Waals surface area contributed by atoms with E-state index in [1.807, 2.05) is 39.0 Å². The molecule has 0 aromatic heterocycles. The molecule has 10 heteroatoms. The Hall–Kier alpha value is -2.72. The van der Waals surface area contributed by atoms with Crippen LogP contribution in [-0.2, 0) is 14.2 Å². The summed E-state index contributed by atoms with van der Waals surface area (Å²) in [5.41, 5.74) is 0.512. The van der Waals surface area contributed by atoms with Gasteiger partial charge in [-0.15, -0.1) is 0 Å². The Kier molecular flexibility index (Phi) is 14.0. The predicted octanol–water partition coefficient (Wildman–Crippen LogP) is 6.03. The molecule has 1 saturated carbocycles. The number of alkyl carbamates (subject to hydrolysis) is 1. The largest absolute Gasteiger partial charge is 0.444 e. The van der Waals surface area contributed by atoms with Crippen LogP contribution in [0.15, 0.2) is 35.3 Å². The fourth-order valence-electron chi connectivity index (χ4n) is 6.11. The summed E-state index contributed by atoms with van der Waals surface area (Å²) in [6.45, 7) is 8.00. The molecule has 1 aliphatic carbocycles. The van der Waals surface area contributed by atoms with Crippen molar-refractivity contribution in [3.05, 3.63) is 46.0 Å². The lowest BCUT2D eigenvalue weighted by molar-refractivity contribution is -0.464. The lowest BCUT2D eigenvalue weighted by Crippen LogP contribution is -2.46. The second-order valence-electron chi connectivity index (χ2n) is 12.7. The monoisotopic (exact) mass is 588 g/mol. The molecule has 1 amide bonds. The van der Waals surface area contributed by atoms with Gasteiger partial charge in [0, 0.05) is 50.8 Å². The fourth-order valence-corrected chi connectivity index (χ4v) is 6.11. The van der Waals surface area contributed by atoms with Crippen LogP contribution in [-0.4, -0.2) is 79.9 Å².